The van der Waals surface area contributed by atoms with E-state index < -0.39 is 8.25 Å². The second kappa shape index (κ2) is 5.05. The molecule has 4 aromatic carbocycles. The summed E-state index contributed by atoms with van der Waals surface area (Å²) in [5.74, 6) is 1.18. The number of hydrogen-bond donors (Lipinski definition) is 0. The lowest BCUT2D eigenvalue weighted by Crippen LogP contribution is -1.87. The van der Waals surface area contributed by atoms with Gasteiger partial charge in [-0.05, 0) is 33.7 Å². The van der Waals surface area contributed by atoms with Gasteiger partial charge in [-0.1, -0.05) is 60.7 Å². The van der Waals surface area contributed by atoms with Crippen LogP contribution >= 0.6 is 8.25 Å². The molecule has 0 bridgehead atoms. The van der Waals surface area contributed by atoms with Gasteiger partial charge in [-0.2, -0.15) is 0 Å². The highest BCUT2D eigenvalue weighted by atomic mass is 31.1. The molecule has 24 heavy (non-hydrogen) atoms. The second-order valence-electron chi connectivity index (χ2n) is 5.73. The van der Waals surface area contributed by atoms with Gasteiger partial charge in [0.25, 0.3) is 0 Å². The molecule has 0 aliphatic carbocycles. The molecule has 4 heteroatoms. The van der Waals surface area contributed by atoms with Crippen LogP contribution in [-0.4, -0.2) is 0 Å². The van der Waals surface area contributed by atoms with E-state index in [1.54, 1.807) is 0 Å². The zero-order chi connectivity index (χ0) is 16.1. The fraction of sp³-hybridized carbons (Fsp3) is 0. The average Bonchev–Trinajstić information content (AvgIpc) is 2.77. The SMILES string of the molecule is O=[P+]1Oc2ccc3ccccc3c2-c2c(ccc3ccccc23)O1. The van der Waals surface area contributed by atoms with Crippen LogP contribution < -0.4 is 9.05 Å². The van der Waals surface area contributed by atoms with E-state index in [4.69, 9.17) is 9.05 Å². The van der Waals surface area contributed by atoms with Crippen LogP contribution in [0.2, 0.25) is 0 Å². The number of rotatable bonds is 0. The van der Waals surface area contributed by atoms with Gasteiger partial charge in [0.05, 0.1) is 0 Å². The minimum absolute atomic E-state index is 0.588. The minimum Gasteiger partial charge on any atom is -0.221 e. The Bertz CT molecular complexity index is 1040. The highest BCUT2D eigenvalue weighted by molar-refractivity contribution is 7.34. The van der Waals surface area contributed by atoms with E-state index in [1.165, 1.54) is 0 Å². The first-order chi connectivity index (χ1) is 11.8. The monoisotopic (exact) mass is 331 g/mol. The molecule has 5 rings (SSSR count). The summed E-state index contributed by atoms with van der Waals surface area (Å²) in [5.41, 5.74) is 1.86. The van der Waals surface area contributed by atoms with Crippen LogP contribution in [0.3, 0.4) is 0 Å². The van der Waals surface area contributed by atoms with E-state index in [0.717, 1.165) is 32.7 Å². The fourth-order valence-corrected chi connectivity index (χ4v) is 4.01. The molecular weight excluding hydrogens is 319 g/mol. The zero-order valence-corrected chi connectivity index (χ0v) is 13.5. The van der Waals surface area contributed by atoms with E-state index in [1.807, 2.05) is 48.5 Å². The lowest BCUT2D eigenvalue weighted by Gasteiger charge is -2.11. The normalized spacial score (nSPS) is 12.9. The van der Waals surface area contributed by atoms with Gasteiger partial charge < -0.3 is 0 Å². The van der Waals surface area contributed by atoms with Crippen molar-refractivity contribution < 1.29 is 13.6 Å². The standard InChI is InChI=1S/C20H12O3P/c21-24-22-17-11-9-13-5-1-3-7-15(13)19(17)20-16-8-4-2-6-14(16)10-12-18(20)23-24/h1-12H/q+1. The minimum atomic E-state index is -2.25. The van der Waals surface area contributed by atoms with Crippen molar-refractivity contribution in [1.82, 2.24) is 0 Å². The van der Waals surface area contributed by atoms with E-state index in [2.05, 4.69) is 24.3 Å². The fourth-order valence-electron chi connectivity index (χ4n) is 3.35. The molecule has 0 fully saturated rings. The summed E-state index contributed by atoms with van der Waals surface area (Å²) in [7, 11) is -2.25. The molecule has 0 amide bonds. The molecule has 0 saturated heterocycles. The largest absolute Gasteiger partial charge is 0.805 e. The van der Waals surface area contributed by atoms with Crippen LogP contribution in [0, 0.1) is 0 Å². The lowest BCUT2D eigenvalue weighted by atomic mass is 9.92. The van der Waals surface area contributed by atoms with Crippen molar-refractivity contribution in [2.24, 2.45) is 0 Å². The average molecular weight is 331 g/mol. The van der Waals surface area contributed by atoms with E-state index >= 15 is 0 Å². The summed E-state index contributed by atoms with van der Waals surface area (Å²) in [4.78, 5) is 0. The Morgan fingerprint density at radius 2 is 1.04 bits per heavy atom. The lowest BCUT2D eigenvalue weighted by molar-refractivity contribution is 0.421. The number of hydrogen-bond acceptors (Lipinski definition) is 3. The van der Waals surface area contributed by atoms with Crippen LogP contribution in [0.5, 0.6) is 11.5 Å². The summed E-state index contributed by atoms with van der Waals surface area (Å²) >= 11 is 0. The van der Waals surface area contributed by atoms with Crippen LogP contribution in [0.15, 0.2) is 72.8 Å². The van der Waals surface area contributed by atoms with Crippen molar-refractivity contribution in [3.8, 4) is 22.6 Å². The van der Waals surface area contributed by atoms with Gasteiger partial charge in [-0.3, -0.25) is 0 Å². The van der Waals surface area contributed by atoms with Crippen molar-refractivity contribution in [2.75, 3.05) is 0 Å². The molecule has 3 nitrogen and oxygen atoms in total. The molecule has 0 N–H and O–H groups in total. The Morgan fingerprint density at radius 1 is 0.583 bits per heavy atom. The Hall–Kier alpha value is -2.90. The third kappa shape index (κ3) is 1.92. The van der Waals surface area contributed by atoms with Gasteiger partial charge >= 0.3 is 8.25 Å². The van der Waals surface area contributed by atoms with Gasteiger partial charge in [0.2, 0.25) is 0 Å². The molecular formula is C20H12O3P+. The van der Waals surface area contributed by atoms with Gasteiger partial charge in [0.15, 0.2) is 11.5 Å². The molecule has 0 spiro atoms. The summed E-state index contributed by atoms with van der Waals surface area (Å²) in [6.07, 6.45) is 0. The van der Waals surface area contributed by atoms with E-state index in [9.17, 15) is 4.57 Å². The maximum atomic E-state index is 12.2. The smallest absolute Gasteiger partial charge is 0.221 e. The van der Waals surface area contributed by atoms with Crippen molar-refractivity contribution in [3.63, 3.8) is 0 Å². The summed E-state index contributed by atoms with van der Waals surface area (Å²) in [6, 6.07) is 23.9. The molecule has 0 saturated carbocycles. The molecule has 0 aromatic heterocycles. The molecule has 1 aliphatic rings. The topological polar surface area (TPSA) is 35.5 Å². The van der Waals surface area contributed by atoms with Crippen molar-refractivity contribution in [2.45, 2.75) is 0 Å². The van der Waals surface area contributed by atoms with Gasteiger partial charge in [0, 0.05) is 15.7 Å². The van der Waals surface area contributed by atoms with Crippen LogP contribution in [0.25, 0.3) is 32.7 Å². The van der Waals surface area contributed by atoms with Gasteiger partial charge in [-0.25, -0.2) is 9.05 Å². The van der Waals surface area contributed by atoms with Crippen LogP contribution in [0.1, 0.15) is 0 Å². The molecule has 1 heterocycles. The molecule has 114 valence electrons. The first-order valence-corrected chi connectivity index (χ1v) is 8.78. The predicted octanol–water partition coefficient (Wildman–Crippen LogP) is 6.09. The quantitative estimate of drug-likeness (QED) is 0.366. The number of benzene rings is 4. The highest BCUT2D eigenvalue weighted by Gasteiger charge is 2.34. The molecule has 0 unspecified atom stereocenters. The summed E-state index contributed by atoms with van der Waals surface area (Å²) in [6.45, 7) is 0. The third-order valence-corrected chi connectivity index (χ3v) is 5.07. The van der Waals surface area contributed by atoms with Crippen molar-refractivity contribution in [1.29, 1.82) is 0 Å². The maximum Gasteiger partial charge on any atom is 0.805 e. The summed E-state index contributed by atoms with van der Waals surface area (Å²) < 4.78 is 23.4. The molecule has 0 radical (unpaired) electrons. The van der Waals surface area contributed by atoms with Gasteiger partial charge in [-0.15, -0.1) is 0 Å². The Balaban J connectivity index is 2.02. The zero-order valence-electron chi connectivity index (χ0n) is 12.6. The molecule has 4 aromatic rings. The predicted molar refractivity (Wildman–Crippen MR) is 95.8 cm³/mol. The van der Waals surface area contributed by atoms with E-state index in [-0.39, 0.29) is 0 Å². The molecule has 1 aliphatic heterocycles. The van der Waals surface area contributed by atoms with Crippen LogP contribution in [-0.2, 0) is 4.57 Å². The maximum absolute atomic E-state index is 12.2. The number of fused-ring (bicyclic) bond motifs is 7. The Labute approximate surface area is 139 Å². The Kier molecular flexibility index (Phi) is 2.85. The summed E-state index contributed by atoms with van der Waals surface area (Å²) in [5, 5.41) is 4.33. The first kappa shape index (κ1) is 13.5. The first-order valence-electron chi connectivity index (χ1n) is 7.68. The van der Waals surface area contributed by atoms with Crippen molar-refractivity contribution in [3.05, 3.63) is 72.8 Å². The Morgan fingerprint density at radius 3 is 1.54 bits per heavy atom. The van der Waals surface area contributed by atoms with Crippen LogP contribution in [0.4, 0.5) is 0 Å². The van der Waals surface area contributed by atoms with Crippen molar-refractivity contribution >= 4 is 29.8 Å². The van der Waals surface area contributed by atoms with E-state index in [0.29, 0.717) is 11.5 Å². The molecule has 0 atom stereocenters. The highest BCUT2D eigenvalue weighted by Crippen LogP contribution is 2.51. The van der Waals surface area contributed by atoms with Gasteiger partial charge in [0.1, 0.15) is 0 Å². The second-order valence-corrected chi connectivity index (χ2v) is 6.54. The third-order valence-electron chi connectivity index (χ3n) is 4.38.